The smallest absolute Gasteiger partial charge is 0.222 e. The van der Waals surface area contributed by atoms with Crippen molar-refractivity contribution < 1.29 is 4.79 Å². The van der Waals surface area contributed by atoms with E-state index in [1.165, 1.54) is 0 Å². The molecule has 1 fully saturated rings. The topological polar surface area (TPSA) is 56.7 Å². The van der Waals surface area contributed by atoms with Crippen LogP contribution in [0.4, 0.5) is 0 Å². The number of carbonyl (C=O) groups is 1. The van der Waals surface area contributed by atoms with Crippen molar-refractivity contribution in [2.24, 2.45) is 4.99 Å². The van der Waals surface area contributed by atoms with Gasteiger partial charge in [-0.1, -0.05) is 6.92 Å². The average molecular weight is 340 g/mol. The lowest BCUT2D eigenvalue weighted by molar-refractivity contribution is -0.129. The van der Waals surface area contributed by atoms with Crippen LogP contribution in [0.1, 0.15) is 19.8 Å². The molecule has 0 radical (unpaired) electrons. The molecule has 0 saturated carbocycles. The van der Waals surface area contributed by atoms with Crippen LogP contribution in [-0.2, 0) is 4.79 Å². The van der Waals surface area contributed by atoms with Crippen molar-refractivity contribution in [2.45, 2.75) is 25.8 Å². The van der Waals surface area contributed by atoms with E-state index in [4.69, 9.17) is 0 Å². The summed E-state index contributed by atoms with van der Waals surface area (Å²) in [5.41, 5.74) is 0. The van der Waals surface area contributed by atoms with E-state index < -0.39 is 0 Å². The van der Waals surface area contributed by atoms with Crippen LogP contribution in [0.15, 0.2) is 4.99 Å². The van der Waals surface area contributed by atoms with Gasteiger partial charge in [0.1, 0.15) is 0 Å². The predicted octanol–water partition coefficient (Wildman–Crippen LogP) is 0.410. The van der Waals surface area contributed by atoms with E-state index in [-0.39, 0.29) is 29.9 Å². The Hall–Kier alpha value is -0.530. The highest BCUT2D eigenvalue weighted by Crippen LogP contribution is 2.10. The zero-order chi connectivity index (χ0) is 11.3. The highest BCUT2D eigenvalue weighted by Gasteiger charge is 2.25. The molecule has 16 heavy (non-hydrogen) atoms. The third kappa shape index (κ3) is 4.15. The van der Waals surface area contributed by atoms with Crippen LogP contribution in [0.25, 0.3) is 0 Å². The number of halogens is 1. The molecule has 1 atom stereocenters. The van der Waals surface area contributed by atoms with Crippen LogP contribution in [0, 0.1) is 0 Å². The highest BCUT2D eigenvalue weighted by molar-refractivity contribution is 14.0. The van der Waals surface area contributed by atoms with Gasteiger partial charge in [0, 0.05) is 39.6 Å². The molecule has 0 bridgehead atoms. The van der Waals surface area contributed by atoms with E-state index in [0.717, 1.165) is 25.5 Å². The van der Waals surface area contributed by atoms with E-state index in [1.807, 2.05) is 18.9 Å². The van der Waals surface area contributed by atoms with Gasteiger partial charge in [0.2, 0.25) is 5.91 Å². The fourth-order valence-electron chi connectivity index (χ4n) is 1.77. The van der Waals surface area contributed by atoms with Gasteiger partial charge in [0.05, 0.1) is 0 Å². The molecule has 0 aromatic rings. The van der Waals surface area contributed by atoms with E-state index in [2.05, 4.69) is 15.6 Å². The van der Waals surface area contributed by atoms with Crippen LogP contribution >= 0.6 is 24.0 Å². The molecule has 6 heteroatoms. The Morgan fingerprint density at radius 2 is 2.25 bits per heavy atom. The number of nitrogens with zero attached hydrogens (tertiary/aromatic N) is 2. The third-order valence-corrected chi connectivity index (χ3v) is 2.64. The van der Waals surface area contributed by atoms with Gasteiger partial charge in [0.15, 0.2) is 5.96 Å². The molecule has 0 aromatic heterocycles. The summed E-state index contributed by atoms with van der Waals surface area (Å²) in [5.74, 6) is 1.02. The predicted molar refractivity (Wildman–Crippen MR) is 76.2 cm³/mol. The zero-order valence-corrected chi connectivity index (χ0v) is 12.4. The Kier molecular flexibility index (Phi) is 7.44. The molecule has 1 amide bonds. The number of rotatable bonds is 2. The number of aliphatic imine (C=N–C) groups is 1. The van der Waals surface area contributed by atoms with Gasteiger partial charge in [0.25, 0.3) is 0 Å². The molecule has 0 aliphatic carbocycles. The lowest BCUT2D eigenvalue weighted by Gasteiger charge is -2.17. The molecule has 2 N–H and O–H groups in total. The molecule has 1 heterocycles. The quantitative estimate of drug-likeness (QED) is 0.435. The second-order valence-corrected chi connectivity index (χ2v) is 3.65. The number of likely N-dealkylation sites (tertiary alicyclic amines) is 1. The van der Waals surface area contributed by atoms with Crippen LogP contribution in [0.5, 0.6) is 0 Å². The standard InChI is InChI=1S/C10H20N4O.HI/c1-4-9(15)14-6-5-8(7-14)13-10(11-2)12-3;/h8H,4-7H2,1-3H3,(H2,11,12,13);1H. The average Bonchev–Trinajstić information content (AvgIpc) is 2.73. The first-order chi connectivity index (χ1) is 7.21. The number of guanidine groups is 1. The first-order valence-electron chi connectivity index (χ1n) is 5.40. The minimum absolute atomic E-state index is 0. The molecule has 1 unspecified atom stereocenters. The largest absolute Gasteiger partial charge is 0.359 e. The Labute approximate surface area is 114 Å². The summed E-state index contributed by atoms with van der Waals surface area (Å²) in [6.07, 6.45) is 1.58. The summed E-state index contributed by atoms with van der Waals surface area (Å²) in [4.78, 5) is 17.4. The van der Waals surface area contributed by atoms with Crippen molar-refractivity contribution in [1.82, 2.24) is 15.5 Å². The molecule has 1 saturated heterocycles. The molecule has 5 nitrogen and oxygen atoms in total. The monoisotopic (exact) mass is 340 g/mol. The van der Waals surface area contributed by atoms with E-state index >= 15 is 0 Å². The van der Waals surface area contributed by atoms with Crippen LogP contribution in [-0.4, -0.2) is 50.0 Å². The zero-order valence-electron chi connectivity index (χ0n) is 10.1. The minimum Gasteiger partial charge on any atom is -0.359 e. The first-order valence-corrected chi connectivity index (χ1v) is 5.40. The second kappa shape index (κ2) is 7.70. The molecule has 94 valence electrons. The second-order valence-electron chi connectivity index (χ2n) is 3.65. The lowest BCUT2D eigenvalue weighted by Crippen LogP contribution is -2.43. The fourth-order valence-corrected chi connectivity index (χ4v) is 1.77. The Morgan fingerprint density at radius 1 is 1.56 bits per heavy atom. The normalized spacial score (nSPS) is 20.3. The van der Waals surface area contributed by atoms with E-state index in [1.54, 1.807) is 7.05 Å². The summed E-state index contributed by atoms with van der Waals surface area (Å²) in [7, 11) is 3.57. The van der Waals surface area contributed by atoms with Gasteiger partial charge in [-0.25, -0.2) is 0 Å². The first kappa shape index (κ1) is 15.5. The van der Waals surface area contributed by atoms with Crippen molar-refractivity contribution in [3.05, 3.63) is 0 Å². The fraction of sp³-hybridized carbons (Fsp3) is 0.800. The SMILES string of the molecule is CCC(=O)N1CCC(NC(=NC)NC)C1.I. The summed E-state index contributed by atoms with van der Waals surface area (Å²) in [6, 6.07) is 0.326. The van der Waals surface area contributed by atoms with Gasteiger partial charge in [-0.05, 0) is 6.42 Å². The maximum Gasteiger partial charge on any atom is 0.222 e. The van der Waals surface area contributed by atoms with Crippen molar-refractivity contribution in [3.8, 4) is 0 Å². The van der Waals surface area contributed by atoms with Crippen molar-refractivity contribution in [2.75, 3.05) is 27.2 Å². The summed E-state index contributed by atoms with van der Waals surface area (Å²) in [6.45, 7) is 3.54. The van der Waals surface area contributed by atoms with E-state index in [9.17, 15) is 4.79 Å². The molecule has 1 aliphatic heterocycles. The summed E-state index contributed by atoms with van der Waals surface area (Å²) in [5, 5.41) is 6.24. The molecule has 1 aliphatic rings. The maximum atomic E-state index is 11.4. The Balaban J connectivity index is 0.00000225. The van der Waals surface area contributed by atoms with Gasteiger partial charge < -0.3 is 15.5 Å². The lowest BCUT2D eigenvalue weighted by atomic mass is 10.3. The minimum atomic E-state index is 0. The highest BCUT2D eigenvalue weighted by atomic mass is 127. The molecular formula is C10H21IN4O. The Morgan fingerprint density at radius 3 is 2.75 bits per heavy atom. The number of hydrogen-bond donors (Lipinski definition) is 2. The van der Waals surface area contributed by atoms with Crippen molar-refractivity contribution in [1.29, 1.82) is 0 Å². The van der Waals surface area contributed by atoms with Crippen LogP contribution in [0.2, 0.25) is 0 Å². The summed E-state index contributed by atoms with van der Waals surface area (Å²) < 4.78 is 0. The van der Waals surface area contributed by atoms with Gasteiger partial charge >= 0.3 is 0 Å². The van der Waals surface area contributed by atoms with Gasteiger partial charge in [-0.3, -0.25) is 9.79 Å². The summed E-state index contributed by atoms with van der Waals surface area (Å²) >= 11 is 0. The number of amides is 1. The van der Waals surface area contributed by atoms with Crippen LogP contribution < -0.4 is 10.6 Å². The third-order valence-electron chi connectivity index (χ3n) is 2.64. The number of carbonyl (C=O) groups excluding carboxylic acids is 1. The molecular weight excluding hydrogens is 319 g/mol. The number of hydrogen-bond acceptors (Lipinski definition) is 2. The van der Waals surface area contributed by atoms with Crippen molar-refractivity contribution in [3.63, 3.8) is 0 Å². The molecule has 0 aromatic carbocycles. The van der Waals surface area contributed by atoms with Crippen LogP contribution in [0.3, 0.4) is 0 Å². The number of nitrogens with one attached hydrogen (secondary N) is 2. The van der Waals surface area contributed by atoms with Gasteiger partial charge in [-0.15, -0.1) is 24.0 Å². The molecule has 0 spiro atoms. The van der Waals surface area contributed by atoms with Gasteiger partial charge in [-0.2, -0.15) is 0 Å². The van der Waals surface area contributed by atoms with Crippen molar-refractivity contribution >= 4 is 35.8 Å². The van der Waals surface area contributed by atoms with E-state index in [0.29, 0.717) is 12.5 Å². The molecule has 1 rings (SSSR count). The maximum absolute atomic E-state index is 11.4. The Bertz CT molecular complexity index is 257.